The van der Waals surface area contributed by atoms with E-state index in [0.717, 1.165) is 25.8 Å². The molecule has 0 aliphatic carbocycles. The Labute approximate surface area is 165 Å². The first-order chi connectivity index (χ1) is 12.7. The monoisotopic (exact) mass is 406 g/mol. The van der Waals surface area contributed by atoms with Crippen LogP contribution >= 0.6 is 11.8 Å². The van der Waals surface area contributed by atoms with Crippen LogP contribution in [0.2, 0.25) is 0 Å². The highest BCUT2D eigenvalue weighted by molar-refractivity contribution is 7.99. The number of carbonyl (C=O) groups excluding carboxylic acids is 1. The minimum Gasteiger partial charge on any atom is -0.391 e. The predicted molar refractivity (Wildman–Crippen MR) is 103 cm³/mol. The molecule has 0 aromatic rings. The zero-order chi connectivity index (χ0) is 20.3. The molecule has 0 radical (unpaired) electrons. The van der Waals surface area contributed by atoms with Gasteiger partial charge in [0.05, 0.1) is 18.2 Å². The molecule has 2 fully saturated rings. The first-order valence-electron chi connectivity index (χ1n) is 9.62. The van der Waals surface area contributed by atoms with Crippen molar-refractivity contribution in [3.8, 4) is 0 Å². The number of nitrogens with zero attached hydrogens (tertiary/aromatic N) is 1. The van der Waals surface area contributed by atoms with Crippen LogP contribution in [0, 0.1) is 5.92 Å². The van der Waals surface area contributed by atoms with E-state index >= 15 is 0 Å². The standard InChI is InChI=1S/C18H34N2O6S/c1-5-6-10-7-11(20(3)8-10)17(25)19-12(9(2)21)16-14(23)13(22)15(24)18(26-16)27-4/h9-16,18,21-24H,5-8H2,1-4H3,(H,19,25)/t9-,10-,11-,12-,13-,14-,15+,16-,18-/m1/s1. The van der Waals surface area contributed by atoms with E-state index in [1.807, 2.05) is 11.9 Å². The quantitative estimate of drug-likeness (QED) is 0.370. The lowest BCUT2D eigenvalue weighted by Crippen LogP contribution is -2.65. The molecule has 0 bridgehead atoms. The van der Waals surface area contributed by atoms with Gasteiger partial charge in [-0.2, -0.15) is 0 Å². The van der Waals surface area contributed by atoms with Gasteiger partial charge in [-0.05, 0) is 39.0 Å². The summed E-state index contributed by atoms with van der Waals surface area (Å²) < 4.78 is 5.72. The Hall–Kier alpha value is -0.420. The molecule has 0 spiro atoms. The maximum absolute atomic E-state index is 12.8. The van der Waals surface area contributed by atoms with Crippen LogP contribution in [0.25, 0.3) is 0 Å². The molecular weight excluding hydrogens is 372 g/mol. The van der Waals surface area contributed by atoms with Crippen LogP contribution in [-0.4, -0.2) is 99.1 Å². The third-order valence-electron chi connectivity index (χ3n) is 5.66. The number of likely N-dealkylation sites (N-methyl/N-ethyl adjacent to an activating group) is 1. The molecule has 5 N–H and O–H groups in total. The van der Waals surface area contributed by atoms with Crippen LogP contribution in [0.4, 0.5) is 0 Å². The summed E-state index contributed by atoms with van der Waals surface area (Å²) in [7, 11) is 1.91. The highest BCUT2D eigenvalue weighted by Crippen LogP contribution is 2.30. The van der Waals surface area contributed by atoms with E-state index < -0.39 is 42.0 Å². The molecule has 2 heterocycles. The number of amides is 1. The van der Waals surface area contributed by atoms with Gasteiger partial charge in [0.2, 0.25) is 5.91 Å². The predicted octanol–water partition coefficient (Wildman–Crippen LogP) is -0.857. The molecule has 9 heteroatoms. The molecule has 0 unspecified atom stereocenters. The summed E-state index contributed by atoms with van der Waals surface area (Å²) in [6.07, 6.45) is -1.50. The fourth-order valence-electron chi connectivity index (χ4n) is 4.13. The van der Waals surface area contributed by atoms with Crippen molar-refractivity contribution in [2.24, 2.45) is 5.92 Å². The van der Waals surface area contributed by atoms with Gasteiger partial charge < -0.3 is 30.5 Å². The van der Waals surface area contributed by atoms with Gasteiger partial charge in [0.15, 0.2) is 0 Å². The van der Waals surface area contributed by atoms with Crippen molar-refractivity contribution in [2.45, 2.75) is 81.1 Å². The lowest BCUT2D eigenvalue weighted by Gasteiger charge is -2.44. The number of thioether (sulfide) groups is 1. The van der Waals surface area contributed by atoms with E-state index in [1.54, 1.807) is 6.26 Å². The summed E-state index contributed by atoms with van der Waals surface area (Å²) in [5, 5.41) is 43.5. The number of hydrogen-bond acceptors (Lipinski definition) is 8. The number of aliphatic hydroxyl groups is 4. The van der Waals surface area contributed by atoms with Crippen LogP contribution in [0.1, 0.15) is 33.1 Å². The smallest absolute Gasteiger partial charge is 0.237 e. The molecular formula is C18H34N2O6S. The average molecular weight is 407 g/mol. The van der Waals surface area contributed by atoms with E-state index in [2.05, 4.69) is 12.2 Å². The minimum atomic E-state index is -1.42. The average Bonchev–Trinajstić information content (AvgIpc) is 2.99. The van der Waals surface area contributed by atoms with Crippen molar-refractivity contribution in [3.63, 3.8) is 0 Å². The van der Waals surface area contributed by atoms with E-state index in [1.165, 1.54) is 18.7 Å². The topological polar surface area (TPSA) is 122 Å². The lowest BCUT2D eigenvalue weighted by atomic mass is 9.92. The zero-order valence-corrected chi connectivity index (χ0v) is 17.3. The van der Waals surface area contributed by atoms with Crippen LogP contribution < -0.4 is 5.32 Å². The van der Waals surface area contributed by atoms with E-state index in [0.29, 0.717) is 5.92 Å². The Kier molecular flexibility index (Phi) is 8.35. The number of hydrogen-bond donors (Lipinski definition) is 5. The maximum atomic E-state index is 12.8. The van der Waals surface area contributed by atoms with E-state index in [9.17, 15) is 25.2 Å². The molecule has 158 valence electrons. The number of rotatable bonds is 7. The van der Waals surface area contributed by atoms with Crippen LogP contribution in [0.5, 0.6) is 0 Å². The fourth-order valence-corrected chi connectivity index (χ4v) is 4.81. The highest BCUT2D eigenvalue weighted by atomic mass is 32.2. The molecule has 9 atom stereocenters. The lowest BCUT2D eigenvalue weighted by molar-refractivity contribution is -0.211. The van der Waals surface area contributed by atoms with Gasteiger partial charge in [0.1, 0.15) is 29.9 Å². The summed E-state index contributed by atoms with van der Waals surface area (Å²) >= 11 is 1.20. The van der Waals surface area contributed by atoms with Crippen molar-refractivity contribution in [2.75, 3.05) is 19.8 Å². The first kappa shape index (κ1) is 22.9. The maximum Gasteiger partial charge on any atom is 0.237 e. The Morgan fingerprint density at radius 3 is 2.52 bits per heavy atom. The molecule has 0 saturated carbocycles. The van der Waals surface area contributed by atoms with E-state index in [-0.39, 0.29) is 11.9 Å². The van der Waals surface area contributed by atoms with Crippen molar-refractivity contribution in [1.29, 1.82) is 0 Å². The summed E-state index contributed by atoms with van der Waals surface area (Å²) in [6, 6.07) is -1.20. The van der Waals surface area contributed by atoms with Gasteiger partial charge in [-0.15, -0.1) is 11.8 Å². The minimum absolute atomic E-state index is 0.223. The second-order valence-electron chi connectivity index (χ2n) is 7.80. The molecule has 0 aromatic heterocycles. The normalized spacial score (nSPS) is 39.9. The molecule has 2 rings (SSSR count). The number of likely N-dealkylation sites (tertiary alicyclic amines) is 1. The zero-order valence-electron chi connectivity index (χ0n) is 16.5. The summed E-state index contributed by atoms with van der Waals surface area (Å²) in [5.41, 5.74) is -0.755. The third kappa shape index (κ3) is 5.14. The van der Waals surface area contributed by atoms with Gasteiger partial charge in [0, 0.05) is 6.54 Å². The molecule has 1 amide bonds. The molecule has 0 aromatic carbocycles. The van der Waals surface area contributed by atoms with Gasteiger partial charge in [-0.25, -0.2) is 0 Å². The Balaban J connectivity index is 2.09. The first-order valence-corrected chi connectivity index (χ1v) is 10.9. The van der Waals surface area contributed by atoms with E-state index in [4.69, 9.17) is 4.74 Å². The van der Waals surface area contributed by atoms with Crippen molar-refractivity contribution in [1.82, 2.24) is 10.2 Å². The van der Waals surface area contributed by atoms with Crippen molar-refractivity contribution < 1.29 is 30.0 Å². The van der Waals surface area contributed by atoms with Crippen LogP contribution in [0.3, 0.4) is 0 Å². The molecule has 27 heavy (non-hydrogen) atoms. The molecule has 2 aliphatic rings. The van der Waals surface area contributed by atoms with Gasteiger partial charge >= 0.3 is 0 Å². The Morgan fingerprint density at radius 2 is 1.96 bits per heavy atom. The highest BCUT2D eigenvalue weighted by Gasteiger charge is 2.48. The fraction of sp³-hybridized carbons (Fsp3) is 0.944. The van der Waals surface area contributed by atoms with Gasteiger partial charge in [-0.1, -0.05) is 13.3 Å². The van der Waals surface area contributed by atoms with Gasteiger partial charge in [0.25, 0.3) is 0 Å². The van der Waals surface area contributed by atoms with Crippen molar-refractivity contribution >= 4 is 17.7 Å². The number of carbonyl (C=O) groups is 1. The number of nitrogens with one attached hydrogen (secondary N) is 1. The summed E-state index contributed by atoms with van der Waals surface area (Å²) in [6.45, 7) is 4.48. The molecule has 2 aliphatic heterocycles. The Bertz CT molecular complexity index is 494. The van der Waals surface area contributed by atoms with Gasteiger partial charge in [-0.3, -0.25) is 9.69 Å². The molecule has 2 saturated heterocycles. The largest absolute Gasteiger partial charge is 0.391 e. The Morgan fingerprint density at radius 1 is 1.30 bits per heavy atom. The number of ether oxygens (including phenoxy) is 1. The molecule has 8 nitrogen and oxygen atoms in total. The second-order valence-corrected chi connectivity index (χ2v) is 8.73. The summed E-state index contributed by atoms with van der Waals surface area (Å²) in [4.78, 5) is 14.9. The number of aliphatic hydroxyl groups excluding tert-OH is 4. The van der Waals surface area contributed by atoms with Crippen LogP contribution in [-0.2, 0) is 9.53 Å². The summed E-state index contributed by atoms with van der Waals surface area (Å²) in [5.74, 6) is 0.245. The third-order valence-corrected chi connectivity index (χ3v) is 6.51. The SMILES string of the molecule is CCC[C@@H]1C[C@H](C(=O)N[C@@H]([C@H]2O[C@H](SC)[C@@H](O)[C@H](O)[C@H]2O)[C@@H](C)O)N(C)C1. The second kappa shape index (κ2) is 9.87. The van der Waals surface area contributed by atoms with Crippen molar-refractivity contribution in [3.05, 3.63) is 0 Å². The van der Waals surface area contributed by atoms with Crippen LogP contribution in [0.15, 0.2) is 0 Å².